The average Bonchev–Trinajstić information content (AvgIpc) is 2.90. The van der Waals surface area contributed by atoms with E-state index in [0.717, 1.165) is 6.61 Å². The maximum atomic E-state index is 4.95. The lowest BCUT2D eigenvalue weighted by Crippen LogP contribution is -1.77. The third kappa shape index (κ3) is 3.69. The zero-order valence-corrected chi connectivity index (χ0v) is 7.69. The van der Waals surface area contributed by atoms with Crippen LogP contribution in [0.25, 0.3) is 0 Å². The Labute approximate surface area is 73.9 Å². The Balaban J connectivity index is 0.000000120. The third-order valence-electron chi connectivity index (χ3n) is 1.76. The smallest absolute Gasteiger partial charge is 0.102 e. The zero-order chi connectivity index (χ0) is 8.97. The van der Waals surface area contributed by atoms with Crippen molar-refractivity contribution in [1.82, 2.24) is 0 Å². The lowest BCUT2D eigenvalue weighted by molar-refractivity contribution is 0.400. The van der Waals surface area contributed by atoms with Crippen molar-refractivity contribution in [2.45, 2.75) is 32.2 Å². The van der Waals surface area contributed by atoms with Gasteiger partial charge >= 0.3 is 0 Å². The first-order valence-electron chi connectivity index (χ1n) is 4.30. The van der Waals surface area contributed by atoms with Gasteiger partial charge < -0.3 is 9.47 Å². The summed E-state index contributed by atoms with van der Waals surface area (Å²) >= 11 is 0. The Hall–Kier alpha value is -0.600. The van der Waals surface area contributed by atoms with Crippen LogP contribution in [0.3, 0.4) is 0 Å². The van der Waals surface area contributed by atoms with Gasteiger partial charge in [0.2, 0.25) is 0 Å². The van der Waals surface area contributed by atoms with Crippen molar-refractivity contribution >= 4 is 0 Å². The molecule has 0 aromatic carbocycles. The number of ether oxygens (including phenoxy) is 2. The molecular formula is C10H16O2. The molecule has 2 heteroatoms. The molecule has 2 heterocycles. The summed E-state index contributed by atoms with van der Waals surface area (Å²) in [6.45, 7) is 8.52. The van der Waals surface area contributed by atoms with Crippen LogP contribution in [0.4, 0.5) is 0 Å². The van der Waals surface area contributed by atoms with Crippen LogP contribution in [0.5, 0.6) is 0 Å². The highest BCUT2D eigenvalue weighted by Gasteiger charge is 2.30. The summed E-state index contributed by atoms with van der Waals surface area (Å²) in [6.07, 6.45) is 7.17. The molecule has 2 nitrogen and oxygen atoms in total. The molecular weight excluding hydrogens is 152 g/mol. The molecule has 0 bridgehead atoms. The summed E-state index contributed by atoms with van der Waals surface area (Å²) in [5.74, 6) is 0. The number of hydrogen-bond acceptors (Lipinski definition) is 2. The predicted molar refractivity (Wildman–Crippen MR) is 49.1 cm³/mol. The van der Waals surface area contributed by atoms with Crippen LogP contribution in [0.2, 0.25) is 0 Å². The lowest BCUT2D eigenvalue weighted by Gasteiger charge is -1.66. The molecule has 2 saturated heterocycles. The fourth-order valence-electron chi connectivity index (χ4n) is 0.831. The quantitative estimate of drug-likeness (QED) is 0.465. The minimum absolute atomic E-state index is 0.366. The molecule has 2 aliphatic heterocycles. The van der Waals surface area contributed by atoms with Gasteiger partial charge in [0.1, 0.15) is 6.10 Å². The maximum Gasteiger partial charge on any atom is 0.102 e. The van der Waals surface area contributed by atoms with Gasteiger partial charge in [-0.25, -0.2) is 0 Å². The maximum absolute atomic E-state index is 4.95. The number of epoxide rings is 2. The Morgan fingerprint density at radius 1 is 1.50 bits per heavy atom. The summed E-state index contributed by atoms with van der Waals surface area (Å²) in [6, 6.07) is 0. The average molecular weight is 168 g/mol. The highest BCUT2D eigenvalue weighted by atomic mass is 16.6. The van der Waals surface area contributed by atoms with E-state index in [1.807, 2.05) is 26.0 Å². The van der Waals surface area contributed by atoms with Gasteiger partial charge in [0, 0.05) is 0 Å². The molecule has 0 aliphatic carbocycles. The van der Waals surface area contributed by atoms with E-state index >= 15 is 0 Å². The Kier molecular flexibility index (Phi) is 3.50. The normalized spacial score (nSPS) is 37.0. The lowest BCUT2D eigenvalue weighted by atomic mass is 10.3. The van der Waals surface area contributed by atoms with E-state index < -0.39 is 0 Å². The van der Waals surface area contributed by atoms with Gasteiger partial charge in [-0.1, -0.05) is 18.2 Å². The zero-order valence-electron chi connectivity index (χ0n) is 7.69. The third-order valence-corrected chi connectivity index (χ3v) is 1.76. The van der Waals surface area contributed by atoms with Crippen molar-refractivity contribution in [2.75, 3.05) is 6.61 Å². The van der Waals surface area contributed by atoms with E-state index in [0.29, 0.717) is 18.3 Å². The number of allylic oxidation sites excluding steroid dienone is 1. The van der Waals surface area contributed by atoms with E-state index in [1.54, 1.807) is 0 Å². The van der Waals surface area contributed by atoms with Crippen molar-refractivity contribution in [1.29, 1.82) is 0 Å². The standard InChI is InChI=1S/2C5H8O/c1-3-5-4(2)6-5;1-2-3-5-4-6-5/h3-5H,1H2,2H3;2-3,5H,4H2,1H3. The molecule has 0 N–H and O–H groups in total. The highest BCUT2D eigenvalue weighted by molar-refractivity contribution is 4.95. The van der Waals surface area contributed by atoms with Crippen LogP contribution in [-0.4, -0.2) is 24.9 Å². The molecule has 0 spiro atoms. The van der Waals surface area contributed by atoms with Crippen LogP contribution >= 0.6 is 0 Å². The second kappa shape index (κ2) is 4.43. The van der Waals surface area contributed by atoms with Gasteiger partial charge in [0.05, 0.1) is 18.8 Å². The SMILES string of the molecule is C=CC1OC1C.CC=CC1CO1. The molecule has 2 rings (SSSR count). The first-order chi connectivity index (χ1) is 5.77. The molecule has 3 atom stereocenters. The monoisotopic (exact) mass is 168 g/mol. The molecule has 0 amide bonds. The van der Waals surface area contributed by atoms with Crippen molar-refractivity contribution in [2.24, 2.45) is 0 Å². The molecule has 2 fully saturated rings. The minimum atomic E-state index is 0.366. The van der Waals surface area contributed by atoms with Gasteiger partial charge in [0.15, 0.2) is 0 Å². The topological polar surface area (TPSA) is 25.1 Å². The largest absolute Gasteiger partial charge is 0.369 e. The second-order valence-electron chi connectivity index (χ2n) is 2.94. The first-order valence-corrected chi connectivity index (χ1v) is 4.30. The van der Waals surface area contributed by atoms with Gasteiger partial charge in [-0.15, -0.1) is 6.58 Å². The molecule has 3 unspecified atom stereocenters. The molecule has 0 saturated carbocycles. The van der Waals surface area contributed by atoms with E-state index in [9.17, 15) is 0 Å². The molecule has 2 aliphatic rings. The van der Waals surface area contributed by atoms with Gasteiger partial charge in [0.25, 0.3) is 0 Å². The number of rotatable bonds is 2. The predicted octanol–water partition coefficient (Wildman–Crippen LogP) is 1.92. The van der Waals surface area contributed by atoms with Crippen LogP contribution in [0, 0.1) is 0 Å². The molecule has 0 aromatic heterocycles. The molecule has 0 aromatic rings. The minimum Gasteiger partial charge on any atom is -0.369 e. The van der Waals surface area contributed by atoms with Crippen molar-refractivity contribution < 1.29 is 9.47 Å². The highest BCUT2D eigenvalue weighted by Crippen LogP contribution is 2.20. The van der Waals surface area contributed by atoms with Gasteiger partial charge in [-0.2, -0.15) is 0 Å². The summed E-state index contributed by atoms with van der Waals surface area (Å²) in [7, 11) is 0. The molecule has 12 heavy (non-hydrogen) atoms. The fraction of sp³-hybridized carbons (Fsp3) is 0.600. The summed E-state index contributed by atoms with van der Waals surface area (Å²) in [5, 5.41) is 0. The van der Waals surface area contributed by atoms with Crippen LogP contribution in [-0.2, 0) is 9.47 Å². The molecule has 0 radical (unpaired) electrons. The van der Waals surface area contributed by atoms with E-state index in [2.05, 4.69) is 12.7 Å². The molecule has 68 valence electrons. The van der Waals surface area contributed by atoms with Crippen LogP contribution in [0.1, 0.15) is 13.8 Å². The van der Waals surface area contributed by atoms with Crippen molar-refractivity contribution in [3.8, 4) is 0 Å². The Bertz CT molecular complexity index is 171. The van der Waals surface area contributed by atoms with Crippen molar-refractivity contribution in [3.05, 3.63) is 24.8 Å². The number of hydrogen-bond donors (Lipinski definition) is 0. The van der Waals surface area contributed by atoms with Crippen LogP contribution in [0.15, 0.2) is 24.8 Å². The van der Waals surface area contributed by atoms with E-state index in [1.165, 1.54) is 0 Å². The second-order valence-corrected chi connectivity index (χ2v) is 2.94. The van der Waals surface area contributed by atoms with E-state index in [-0.39, 0.29) is 0 Å². The Morgan fingerprint density at radius 2 is 2.08 bits per heavy atom. The van der Waals surface area contributed by atoms with Gasteiger partial charge in [-0.3, -0.25) is 0 Å². The van der Waals surface area contributed by atoms with E-state index in [4.69, 9.17) is 9.47 Å². The van der Waals surface area contributed by atoms with Crippen molar-refractivity contribution in [3.63, 3.8) is 0 Å². The van der Waals surface area contributed by atoms with Gasteiger partial charge in [-0.05, 0) is 13.8 Å². The fourth-order valence-corrected chi connectivity index (χ4v) is 0.831. The summed E-state index contributed by atoms with van der Waals surface area (Å²) in [5.41, 5.74) is 0. The summed E-state index contributed by atoms with van der Waals surface area (Å²) in [4.78, 5) is 0. The summed E-state index contributed by atoms with van der Waals surface area (Å²) < 4.78 is 9.81. The Morgan fingerprint density at radius 3 is 2.17 bits per heavy atom. The van der Waals surface area contributed by atoms with Crippen LogP contribution < -0.4 is 0 Å². The first kappa shape index (κ1) is 9.49.